The molecule has 2 aliphatic heterocycles. The van der Waals surface area contributed by atoms with Gasteiger partial charge in [-0.25, -0.2) is 0 Å². The molecular formula is C22H46N4. The molecular weight excluding hydrogens is 320 g/mol. The summed E-state index contributed by atoms with van der Waals surface area (Å²) in [5, 5.41) is 7.36. The van der Waals surface area contributed by atoms with Crippen molar-refractivity contribution in [3.8, 4) is 0 Å². The summed E-state index contributed by atoms with van der Waals surface area (Å²) in [6, 6.07) is 2.22. The molecule has 2 atom stereocenters. The van der Waals surface area contributed by atoms with E-state index in [-0.39, 0.29) is 0 Å². The molecule has 4 rings (SSSR count). The minimum absolute atomic E-state index is 0.538. The molecule has 4 aliphatic rings. The van der Waals surface area contributed by atoms with Crippen LogP contribution in [0.2, 0.25) is 0 Å². The molecule has 0 radical (unpaired) electrons. The van der Waals surface area contributed by atoms with Crippen molar-refractivity contribution in [3.05, 3.63) is 0 Å². The van der Waals surface area contributed by atoms with Crippen LogP contribution in [0.15, 0.2) is 0 Å². The Morgan fingerprint density at radius 1 is 0.923 bits per heavy atom. The van der Waals surface area contributed by atoms with E-state index in [4.69, 9.17) is 0 Å². The fourth-order valence-electron chi connectivity index (χ4n) is 4.52. The van der Waals surface area contributed by atoms with Gasteiger partial charge in [0.05, 0.1) is 0 Å². The van der Waals surface area contributed by atoms with Crippen LogP contribution in [0.4, 0.5) is 0 Å². The molecule has 2 N–H and O–H groups in total. The van der Waals surface area contributed by atoms with E-state index in [1.807, 2.05) is 13.8 Å². The standard InChI is InChI=1S/2C10H20N2.C2H6/c1-8(2)12-7-10(4-5-10)11-6-9(12)3;1-3-9-7-11-10(5-6-10)8-12(9)4-2;1-2/h8-9,11H,4-7H2,1-3H3;9,11H,3-8H2,1-2H3;1-2H3. The highest BCUT2D eigenvalue weighted by atomic mass is 15.3. The Balaban J connectivity index is 0.000000171. The average Bonchev–Trinajstić information content (AvgIpc) is 3.59. The van der Waals surface area contributed by atoms with Crippen molar-refractivity contribution >= 4 is 0 Å². The van der Waals surface area contributed by atoms with Crippen molar-refractivity contribution < 1.29 is 0 Å². The van der Waals surface area contributed by atoms with Crippen LogP contribution in [0.5, 0.6) is 0 Å². The van der Waals surface area contributed by atoms with Gasteiger partial charge in [-0.3, -0.25) is 9.80 Å². The van der Waals surface area contributed by atoms with Gasteiger partial charge in [-0.1, -0.05) is 27.7 Å². The lowest BCUT2D eigenvalue weighted by Gasteiger charge is -2.41. The summed E-state index contributed by atoms with van der Waals surface area (Å²) in [6.07, 6.45) is 6.88. The van der Waals surface area contributed by atoms with E-state index in [2.05, 4.69) is 55.1 Å². The summed E-state index contributed by atoms with van der Waals surface area (Å²) in [7, 11) is 0. The van der Waals surface area contributed by atoms with Gasteiger partial charge in [0.2, 0.25) is 0 Å². The van der Waals surface area contributed by atoms with Gasteiger partial charge in [0.25, 0.3) is 0 Å². The fourth-order valence-corrected chi connectivity index (χ4v) is 4.52. The second-order valence-corrected chi connectivity index (χ2v) is 9.06. The fraction of sp³-hybridized carbons (Fsp3) is 1.00. The van der Waals surface area contributed by atoms with Crippen molar-refractivity contribution in [2.24, 2.45) is 0 Å². The summed E-state index contributed by atoms with van der Waals surface area (Å²) in [4.78, 5) is 5.27. The predicted molar refractivity (Wildman–Crippen MR) is 114 cm³/mol. The number of piperazine rings is 2. The van der Waals surface area contributed by atoms with E-state index in [1.54, 1.807) is 0 Å². The van der Waals surface area contributed by atoms with Crippen LogP contribution in [0.25, 0.3) is 0 Å². The van der Waals surface area contributed by atoms with E-state index in [0.29, 0.717) is 17.1 Å². The van der Waals surface area contributed by atoms with Gasteiger partial charge in [-0.2, -0.15) is 0 Å². The maximum absolute atomic E-state index is 3.69. The summed E-state index contributed by atoms with van der Waals surface area (Å²) in [5.74, 6) is 0. The Labute approximate surface area is 163 Å². The summed E-state index contributed by atoms with van der Waals surface area (Å²) in [5.41, 5.74) is 1.10. The molecule has 2 aliphatic carbocycles. The van der Waals surface area contributed by atoms with Crippen LogP contribution in [0.3, 0.4) is 0 Å². The third kappa shape index (κ3) is 5.43. The number of rotatable bonds is 3. The Morgan fingerprint density at radius 3 is 1.92 bits per heavy atom. The third-order valence-corrected chi connectivity index (χ3v) is 6.81. The number of hydrogen-bond donors (Lipinski definition) is 2. The van der Waals surface area contributed by atoms with Crippen molar-refractivity contribution in [2.45, 2.75) is 110 Å². The zero-order valence-corrected chi connectivity index (χ0v) is 18.7. The molecule has 2 heterocycles. The van der Waals surface area contributed by atoms with Gasteiger partial charge in [-0.05, 0) is 59.4 Å². The molecule has 0 bridgehead atoms. The number of hydrogen-bond acceptors (Lipinski definition) is 4. The molecule has 154 valence electrons. The van der Waals surface area contributed by atoms with Crippen LogP contribution in [-0.2, 0) is 0 Å². The van der Waals surface area contributed by atoms with Gasteiger partial charge in [-0.15, -0.1) is 0 Å². The molecule has 26 heavy (non-hydrogen) atoms. The third-order valence-electron chi connectivity index (χ3n) is 6.81. The predicted octanol–water partition coefficient (Wildman–Crippen LogP) is 3.47. The van der Waals surface area contributed by atoms with Crippen LogP contribution >= 0.6 is 0 Å². The zero-order valence-electron chi connectivity index (χ0n) is 18.7. The summed E-state index contributed by atoms with van der Waals surface area (Å²) >= 11 is 0. The topological polar surface area (TPSA) is 30.5 Å². The maximum Gasteiger partial charge on any atom is 0.0311 e. The molecule has 2 spiro atoms. The van der Waals surface area contributed by atoms with Crippen molar-refractivity contribution in [2.75, 3.05) is 32.7 Å². The van der Waals surface area contributed by atoms with E-state index < -0.39 is 0 Å². The Bertz CT molecular complexity index is 414. The number of nitrogens with zero attached hydrogens (tertiary/aromatic N) is 2. The molecule has 4 heteroatoms. The molecule has 2 unspecified atom stereocenters. The normalized spacial score (nSPS) is 31.8. The average molecular weight is 367 g/mol. The van der Waals surface area contributed by atoms with Gasteiger partial charge in [0, 0.05) is 55.4 Å². The van der Waals surface area contributed by atoms with Crippen LogP contribution in [0, 0.1) is 0 Å². The van der Waals surface area contributed by atoms with Gasteiger partial charge in [0.1, 0.15) is 0 Å². The van der Waals surface area contributed by atoms with Crippen LogP contribution in [-0.4, -0.2) is 71.7 Å². The van der Waals surface area contributed by atoms with Gasteiger partial charge >= 0.3 is 0 Å². The van der Waals surface area contributed by atoms with Gasteiger partial charge in [0.15, 0.2) is 0 Å². The molecule has 2 saturated carbocycles. The van der Waals surface area contributed by atoms with E-state index >= 15 is 0 Å². The maximum atomic E-state index is 3.69. The lowest BCUT2D eigenvalue weighted by atomic mass is 10.1. The van der Waals surface area contributed by atoms with Gasteiger partial charge < -0.3 is 10.6 Å². The lowest BCUT2D eigenvalue weighted by molar-refractivity contribution is 0.0992. The first-order chi connectivity index (χ1) is 12.4. The van der Waals surface area contributed by atoms with Crippen molar-refractivity contribution in [1.82, 2.24) is 20.4 Å². The largest absolute Gasteiger partial charge is 0.308 e. The minimum atomic E-state index is 0.538. The molecule has 4 fully saturated rings. The Hall–Kier alpha value is -0.160. The van der Waals surface area contributed by atoms with E-state index in [9.17, 15) is 0 Å². The quantitative estimate of drug-likeness (QED) is 0.801. The van der Waals surface area contributed by atoms with E-state index in [1.165, 1.54) is 64.8 Å². The Kier molecular flexibility index (Phi) is 7.97. The molecule has 0 aromatic rings. The first-order valence-corrected chi connectivity index (χ1v) is 11.4. The first-order valence-electron chi connectivity index (χ1n) is 11.4. The highest BCUT2D eigenvalue weighted by Crippen LogP contribution is 2.39. The Morgan fingerprint density at radius 2 is 1.46 bits per heavy atom. The van der Waals surface area contributed by atoms with Crippen LogP contribution < -0.4 is 10.6 Å². The van der Waals surface area contributed by atoms with Crippen molar-refractivity contribution in [1.29, 1.82) is 0 Å². The summed E-state index contributed by atoms with van der Waals surface area (Å²) in [6.45, 7) is 21.7. The summed E-state index contributed by atoms with van der Waals surface area (Å²) < 4.78 is 0. The zero-order chi connectivity index (χ0) is 19.4. The highest BCUT2D eigenvalue weighted by molar-refractivity contribution is 5.08. The highest BCUT2D eigenvalue weighted by Gasteiger charge is 2.48. The minimum Gasteiger partial charge on any atom is -0.308 e. The molecule has 0 aromatic carbocycles. The lowest BCUT2D eigenvalue weighted by Crippen LogP contribution is -2.58. The smallest absolute Gasteiger partial charge is 0.0311 e. The molecule has 4 nitrogen and oxygen atoms in total. The monoisotopic (exact) mass is 366 g/mol. The van der Waals surface area contributed by atoms with Crippen molar-refractivity contribution in [3.63, 3.8) is 0 Å². The second-order valence-electron chi connectivity index (χ2n) is 9.06. The second kappa shape index (κ2) is 9.36. The van der Waals surface area contributed by atoms with Crippen LogP contribution in [0.1, 0.15) is 80.6 Å². The molecule has 0 amide bonds. The SMILES string of the molecule is CC.CC(C)N1CC2(CC2)NCC1C.CCC1CNC2(CC2)CN1CC. The number of nitrogens with one attached hydrogen (secondary N) is 2. The number of likely N-dealkylation sites (N-methyl/N-ethyl adjacent to an activating group) is 1. The first kappa shape index (κ1) is 22.1. The van der Waals surface area contributed by atoms with E-state index in [0.717, 1.165) is 12.1 Å². The molecule has 0 aromatic heterocycles. The molecule has 2 saturated heterocycles.